The molecule has 2 nitrogen and oxygen atoms in total. The summed E-state index contributed by atoms with van der Waals surface area (Å²) in [5.74, 6) is 0.238. The second kappa shape index (κ2) is 3.42. The van der Waals surface area contributed by atoms with Gasteiger partial charge in [-0.3, -0.25) is 0 Å². The molecule has 1 aromatic carbocycles. The molecule has 0 unspecified atom stereocenters. The van der Waals surface area contributed by atoms with Gasteiger partial charge in [-0.1, -0.05) is 24.6 Å². The predicted molar refractivity (Wildman–Crippen MR) is 59.0 cm³/mol. The Hall–Kier alpha value is -1.22. The van der Waals surface area contributed by atoms with Crippen LogP contribution in [0.2, 0.25) is 5.02 Å². The van der Waals surface area contributed by atoms with Crippen molar-refractivity contribution in [3.05, 3.63) is 46.5 Å². The van der Waals surface area contributed by atoms with Gasteiger partial charge in [-0.25, -0.2) is 4.39 Å². The van der Waals surface area contributed by atoms with Crippen LogP contribution < -0.4 is 11.1 Å². The Morgan fingerprint density at radius 2 is 2.27 bits per heavy atom. The summed E-state index contributed by atoms with van der Waals surface area (Å²) in [6, 6.07) is 4.85. The van der Waals surface area contributed by atoms with Gasteiger partial charge in [0.05, 0.1) is 10.8 Å². The Kier molecular flexibility index (Phi) is 2.35. The van der Waals surface area contributed by atoms with Crippen molar-refractivity contribution in [3.63, 3.8) is 0 Å². The van der Waals surface area contributed by atoms with Crippen LogP contribution in [0, 0.1) is 5.82 Å². The lowest BCUT2D eigenvalue weighted by Gasteiger charge is -2.21. The van der Waals surface area contributed by atoms with E-state index in [4.69, 9.17) is 17.3 Å². The number of rotatable bonds is 1. The van der Waals surface area contributed by atoms with Crippen LogP contribution in [0.25, 0.3) is 0 Å². The summed E-state index contributed by atoms with van der Waals surface area (Å²) in [6.07, 6.45) is 1.90. The first-order valence-electron chi connectivity index (χ1n) is 4.69. The predicted octanol–water partition coefficient (Wildman–Crippen LogP) is 2.14. The lowest BCUT2D eigenvalue weighted by atomic mass is 9.84. The van der Waals surface area contributed by atoms with Crippen LogP contribution in [0.5, 0.6) is 0 Å². The van der Waals surface area contributed by atoms with E-state index in [-0.39, 0.29) is 10.4 Å². The Labute approximate surface area is 92.9 Å². The Balaban J connectivity index is 2.42. The van der Waals surface area contributed by atoms with E-state index >= 15 is 0 Å². The van der Waals surface area contributed by atoms with Gasteiger partial charge < -0.3 is 11.1 Å². The van der Waals surface area contributed by atoms with Gasteiger partial charge in [0.2, 0.25) is 0 Å². The van der Waals surface area contributed by atoms with Crippen LogP contribution in [0.4, 0.5) is 4.39 Å². The van der Waals surface area contributed by atoms with Gasteiger partial charge in [0, 0.05) is 12.0 Å². The molecule has 1 aromatic rings. The Bertz CT molecular complexity index is 431. The second-order valence-corrected chi connectivity index (χ2v) is 4.41. The molecule has 15 heavy (non-hydrogen) atoms. The van der Waals surface area contributed by atoms with Gasteiger partial charge >= 0.3 is 0 Å². The van der Waals surface area contributed by atoms with Crippen molar-refractivity contribution in [1.29, 1.82) is 0 Å². The first kappa shape index (κ1) is 10.3. The lowest BCUT2D eigenvalue weighted by molar-refractivity contribution is 0.583. The molecular formula is C11H12ClFN2. The summed E-state index contributed by atoms with van der Waals surface area (Å²) in [6.45, 7) is 2.68. The molecule has 0 aliphatic carbocycles. The van der Waals surface area contributed by atoms with Crippen molar-refractivity contribution in [2.75, 3.05) is 6.54 Å². The third-order valence-corrected chi connectivity index (χ3v) is 3.02. The highest BCUT2D eigenvalue weighted by molar-refractivity contribution is 6.30. The smallest absolute Gasteiger partial charge is 0.142 e. The molecule has 4 heteroatoms. The summed E-state index contributed by atoms with van der Waals surface area (Å²) >= 11 is 5.63. The summed E-state index contributed by atoms with van der Waals surface area (Å²) in [5.41, 5.74) is 6.26. The topological polar surface area (TPSA) is 38.0 Å². The average Bonchev–Trinajstić information content (AvgIpc) is 2.52. The maximum atomic E-state index is 13.3. The highest BCUT2D eigenvalue weighted by Gasteiger charge is 2.29. The number of hydrogen-bond donors (Lipinski definition) is 2. The quantitative estimate of drug-likeness (QED) is 0.770. The van der Waals surface area contributed by atoms with E-state index in [9.17, 15) is 4.39 Å². The zero-order valence-corrected chi connectivity index (χ0v) is 9.11. The minimum Gasteiger partial charge on any atom is -0.386 e. The number of benzene rings is 1. The highest BCUT2D eigenvalue weighted by Crippen LogP contribution is 2.30. The van der Waals surface area contributed by atoms with E-state index < -0.39 is 5.82 Å². The minimum atomic E-state index is -0.394. The minimum absolute atomic E-state index is 0.144. The molecule has 1 aliphatic rings. The van der Waals surface area contributed by atoms with E-state index in [0.29, 0.717) is 12.4 Å². The number of nitrogens with one attached hydrogen (secondary N) is 1. The van der Waals surface area contributed by atoms with E-state index in [0.717, 1.165) is 5.56 Å². The van der Waals surface area contributed by atoms with Crippen LogP contribution in [-0.2, 0) is 5.41 Å². The third kappa shape index (κ3) is 1.79. The third-order valence-electron chi connectivity index (χ3n) is 2.71. The maximum Gasteiger partial charge on any atom is 0.142 e. The Morgan fingerprint density at radius 1 is 1.53 bits per heavy atom. The summed E-state index contributed by atoms with van der Waals surface area (Å²) in [5, 5.41) is 3.17. The summed E-state index contributed by atoms with van der Waals surface area (Å²) in [7, 11) is 0. The molecule has 1 aliphatic heterocycles. The number of hydrogen-bond acceptors (Lipinski definition) is 2. The van der Waals surface area contributed by atoms with Crippen molar-refractivity contribution in [2.24, 2.45) is 5.73 Å². The molecule has 0 bridgehead atoms. The van der Waals surface area contributed by atoms with Crippen LogP contribution in [-0.4, -0.2) is 6.54 Å². The molecule has 0 saturated heterocycles. The SMILES string of the molecule is C[C@@]1(c2ccc(Cl)c(F)c2)C=C(N)NC1. The molecule has 1 atom stereocenters. The van der Waals surface area contributed by atoms with Crippen molar-refractivity contribution in [3.8, 4) is 0 Å². The summed E-state index contributed by atoms with van der Waals surface area (Å²) in [4.78, 5) is 0. The maximum absolute atomic E-state index is 13.3. The largest absolute Gasteiger partial charge is 0.386 e. The van der Waals surface area contributed by atoms with Crippen LogP contribution in [0.1, 0.15) is 12.5 Å². The van der Waals surface area contributed by atoms with E-state index in [1.807, 2.05) is 19.1 Å². The Morgan fingerprint density at radius 3 is 2.80 bits per heavy atom. The zero-order chi connectivity index (χ0) is 11.1. The zero-order valence-electron chi connectivity index (χ0n) is 8.35. The van der Waals surface area contributed by atoms with Gasteiger partial charge in [0.25, 0.3) is 0 Å². The molecule has 2 rings (SSSR count). The lowest BCUT2D eigenvalue weighted by Crippen LogP contribution is -2.26. The van der Waals surface area contributed by atoms with Gasteiger partial charge in [-0.15, -0.1) is 0 Å². The van der Waals surface area contributed by atoms with Gasteiger partial charge in [0.15, 0.2) is 0 Å². The fourth-order valence-corrected chi connectivity index (χ4v) is 1.89. The fourth-order valence-electron chi connectivity index (χ4n) is 1.77. The molecule has 0 spiro atoms. The highest BCUT2D eigenvalue weighted by atomic mass is 35.5. The molecule has 0 saturated carbocycles. The molecule has 0 aromatic heterocycles. The van der Waals surface area contributed by atoms with Crippen molar-refractivity contribution in [2.45, 2.75) is 12.3 Å². The molecule has 0 fully saturated rings. The van der Waals surface area contributed by atoms with Crippen LogP contribution in [0.3, 0.4) is 0 Å². The normalized spacial score (nSPS) is 24.9. The molecule has 0 radical (unpaired) electrons. The molecular weight excluding hydrogens is 215 g/mol. The molecule has 1 heterocycles. The molecule has 3 N–H and O–H groups in total. The first-order chi connectivity index (χ1) is 7.01. The first-order valence-corrected chi connectivity index (χ1v) is 5.07. The van der Waals surface area contributed by atoms with E-state index in [2.05, 4.69) is 5.32 Å². The van der Waals surface area contributed by atoms with Crippen LogP contribution in [0.15, 0.2) is 30.1 Å². The number of halogens is 2. The van der Waals surface area contributed by atoms with Crippen molar-refractivity contribution >= 4 is 11.6 Å². The fraction of sp³-hybridized carbons (Fsp3) is 0.273. The van der Waals surface area contributed by atoms with Crippen molar-refractivity contribution < 1.29 is 4.39 Å². The van der Waals surface area contributed by atoms with E-state index in [1.54, 1.807) is 6.07 Å². The van der Waals surface area contributed by atoms with E-state index in [1.165, 1.54) is 6.07 Å². The second-order valence-electron chi connectivity index (χ2n) is 4.00. The van der Waals surface area contributed by atoms with Gasteiger partial charge in [-0.2, -0.15) is 0 Å². The molecule has 80 valence electrons. The summed E-state index contributed by atoms with van der Waals surface area (Å²) < 4.78 is 13.3. The monoisotopic (exact) mass is 226 g/mol. The standard InChI is InChI=1S/C11H12ClFN2/c1-11(5-10(14)15-6-11)7-2-3-8(12)9(13)4-7/h2-5,15H,6,14H2,1H3/t11-/m1/s1. The van der Waals surface area contributed by atoms with Gasteiger partial charge in [-0.05, 0) is 23.8 Å². The van der Waals surface area contributed by atoms with Gasteiger partial charge in [0.1, 0.15) is 5.82 Å². The van der Waals surface area contributed by atoms with Crippen molar-refractivity contribution in [1.82, 2.24) is 5.32 Å². The number of nitrogens with two attached hydrogens (primary N) is 1. The molecule has 0 amide bonds. The average molecular weight is 227 g/mol. The van der Waals surface area contributed by atoms with Crippen LogP contribution >= 0.6 is 11.6 Å².